The number of rotatable bonds is 6. The predicted molar refractivity (Wildman–Crippen MR) is 90.5 cm³/mol. The molecule has 0 aliphatic carbocycles. The lowest BCUT2D eigenvalue weighted by Crippen LogP contribution is -1.90. The van der Waals surface area contributed by atoms with Crippen LogP contribution in [0.3, 0.4) is 0 Å². The Kier molecular flexibility index (Phi) is 5.57. The zero-order valence-corrected chi connectivity index (χ0v) is 13.9. The van der Waals surface area contributed by atoms with E-state index < -0.39 is 0 Å². The Balaban J connectivity index is 2.36. The molecule has 0 bridgehead atoms. The van der Waals surface area contributed by atoms with E-state index in [0.29, 0.717) is 28.8 Å². The van der Waals surface area contributed by atoms with Crippen LogP contribution in [0.5, 0.6) is 17.2 Å². The molecule has 0 saturated carbocycles. The highest BCUT2D eigenvalue weighted by Crippen LogP contribution is 2.36. The molecule has 0 heterocycles. The van der Waals surface area contributed by atoms with E-state index in [9.17, 15) is 5.11 Å². The molecule has 0 saturated heterocycles. The second-order valence-corrected chi connectivity index (χ2v) is 5.30. The summed E-state index contributed by atoms with van der Waals surface area (Å²) in [7, 11) is 3.16. The first-order valence-electron chi connectivity index (χ1n) is 7.55. The smallest absolute Gasteiger partial charge is 0.146 e. The maximum absolute atomic E-state index is 9.99. The van der Waals surface area contributed by atoms with Gasteiger partial charge in [0.1, 0.15) is 28.6 Å². The molecule has 0 radical (unpaired) electrons. The first-order chi connectivity index (χ1) is 11.1. The minimum atomic E-state index is 0.0997. The van der Waals surface area contributed by atoms with Crippen molar-refractivity contribution in [3.05, 3.63) is 42.0 Å². The van der Waals surface area contributed by atoms with Gasteiger partial charge >= 0.3 is 0 Å². The molecule has 1 unspecified atom stereocenters. The Morgan fingerprint density at radius 1 is 1.00 bits per heavy atom. The molecule has 1 atom stereocenters. The zero-order valence-electron chi connectivity index (χ0n) is 13.9. The van der Waals surface area contributed by atoms with Crippen molar-refractivity contribution in [1.82, 2.24) is 0 Å². The summed E-state index contributed by atoms with van der Waals surface area (Å²) >= 11 is 0. The summed E-state index contributed by atoms with van der Waals surface area (Å²) in [5, 5.41) is 18.4. The molecule has 0 spiro atoms. The number of phenolic OH excluding ortho intramolecular Hbond substituents is 1. The molecule has 1 N–H and O–H groups in total. The fraction of sp³-hybridized carbons (Fsp3) is 0.333. The molecule has 0 amide bonds. The van der Waals surface area contributed by atoms with Crippen molar-refractivity contribution < 1.29 is 14.6 Å². The number of ether oxygens (including phenoxy) is 2. The molecular weight excluding hydrogens is 292 g/mol. The van der Waals surface area contributed by atoms with E-state index in [0.717, 1.165) is 12.0 Å². The van der Waals surface area contributed by atoms with Gasteiger partial charge in [0.05, 0.1) is 14.2 Å². The average Bonchev–Trinajstić information content (AvgIpc) is 2.59. The lowest BCUT2D eigenvalue weighted by molar-refractivity contribution is 0.404. The lowest BCUT2D eigenvalue weighted by atomic mass is 9.98. The van der Waals surface area contributed by atoms with Crippen LogP contribution in [0.2, 0.25) is 0 Å². The van der Waals surface area contributed by atoms with Gasteiger partial charge in [0.15, 0.2) is 0 Å². The molecule has 0 aliphatic rings. The Labute approximate surface area is 136 Å². The van der Waals surface area contributed by atoms with Crippen LogP contribution in [-0.2, 0) is 0 Å². The van der Waals surface area contributed by atoms with E-state index >= 15 is 0 Å². The summed E-state index contributed by atoms with van der Waals surface area (Å²) in [6, 6.07) is 10.7. The maximum Gasteiger partial charge on any atom is 0.146 e. The fourth-order valence-corrected chi connectivity index (χ4v) is 2.15. The van der Waals surface area contributed by atoms with Gasteiger partial charge in [-0.1, -0.05) is 19.9 Å². The van der Waals surface area contributed by atoms with Gasteiger partial charge in [-0.3, -0.25) is 0 Å². The highest BCUT2D eigenvalue weighted by Gasteiger charge is 2.08. The molecular formula is C18H22N2O3. The van der Waals surface area contributed by atoms with E-state index in [2.05, 4.69) is 24.1 Å². The average molecular weight is 314 g/mol. The summed E-state index contributed by atoms with van der Waals surface area (Å²) in [5.74, 6) is 1.75. The van der Waals surface area contributed by atoms with Gasteiger partial charge in [0.2, 0.25) is 0 Å². The van der Waals surface area contributed by atoms with Crippen molar-refractivity contribution in [2.45, 2.75) is 26.2 Å². The number of phenols is 1. The highest BCUT2D eigenvalue weighted by atomic mass is 16.5. The Morgan fingerprint density at radius 3 is 2.39 bits per heavy atom. The molecule has 2 aromatic rings. The van der Waals surface area contributed by atoms with Crippen LogP contribution >= 0.6 is 0 Å². The normalized spacial score (nSPS) is 12.3. The molecule has 0 fully saturated rings. The van der Waals surface area contributed by atoms with Crippen LogP contribution in [0.15, 0.2) is 46.6 Å². The van der Waals surface area contributed by atoms with Crippen molar-refractivity contribution >= 4 is 11.4 Å². The van der Waals surface area contributed by atoms with Crippen molar-refractivity contribution in [1.29, 1.82) is 0 Å². The number of hydrogen-bond donors (Lipinski definition) is 1. The Hall–Kier alpha value is -2.56. The molecule has 5 nitrogen and oxygen atoms in total. The standard InChI is InChI=1S/C18H22N2O3/c1-5-12(2)13-6-8-17(21)15(10-13)19-20-16-11-14(22-3)7-9-18(16)23-4/h6-12,21H,5H2,1-4H3. The van der Waals surface area contributed by atoms with Crippen LogP contribution in [-0.4, -0.2) is 19.3 Å². The Bertz CT molecular complexity index is 699. The predicted octanol–water partition coefficient (Wildman–Crippen LogP) is 5.34. The van der Waals surface area contributed by atoms with Crippen molar-refractivity contribution in [3.8, 4) is 17.2 Å². The second-order valence-electron chi connectivity index (χ2n) is 5.30. The molecule has 2 aromatic carbocycles. The molecule has 2 rings (SSSR count). The quantitative estimate of drug-likeness (QED) is 0.732. The first-order valence-corrected chi connectivity index (χ1v) is 7.55. The van der Waals surface area contributed by atoms with Gasteiger partial charge in [-0.05, 0) is 42.2 Å². The molecule has 5 heteroatoms. The van der Waals surface area contributed by atoms with Gasteiger partial charge in [-0.25, -0.2) is 0 Å². The fourth-order valence-electron chi connectivity index (χ4n) is 2.15. The third kappa shape index (κ3) is 4.00. The van der Waals surface area contributed by atoms with E-state index in [1.807, 2.05) is 12.1 Å². The maximum atomic E-state index is 9.99. The number of methoxy groups -OCH3 is 2. The third-order valence-corrected chi connectivity index (χ3v) is 3.83. The number of hydrogen-bond acceptors (Lipinski definition) is 5. The second kappa shape index (κ2) is 7.63. The minimum absolute atomic E-state index is 0.0997. The summed E-state index contributed by atoms with van der Waals surface area (Å²) in [6.07, 6.45) is 1.02. The Morgan fingerprint density at radius 2 is 1.74 bits per heavy atom. The summed E-state index contributed by atoms with van der Waals surface area (Å²) in [6.45, 7) is 4.26. The molecule has 23 heavy (non-hydrogen) atoms. The van der Waals surface area contributed by atoms with Crippen LogP contribution in [0.4, 0.5) is 11.4 Å². The monoisotopic (exact) mass is 314 g/mol. The van der Waals surface area contributed by atoms with Crippen molar-refractivity contribution in [3.63, 3.8) is 0 Å². The first kappa shape index (κ1) is 16.8. The van der Waals surface area contributed by atoms with E-state index in [1.54, 1.807) is 38.5 Å². The highest BCUT2D eigenvalue weighted by molar-refractivity contribution is 5.57. The van der Waals surface area contributed by atoms with Gasteiger partial charge in [-0.15, -0.1) is 10.2 Å². The minimum Gasteiger partial charge on any atom is -0.506 e. The summed E-state index contributed by atoms with van der Waals surface area (Å²) in [4.78, 5) is 0. The molecule has 122 valence electrons. The lowest BCUT2D eigenvalue weighted by Gasteiger charge is -2.10. The molecule has 0 aliphatic heterocycles. The number of nitrogens with zero attached hydrogens (tertiary/aromatic N) is 2. The van der Waals surface area contributed by atoms with Crippen LogP contribution in [0.25, 0.3) is 0 Å². The van der Waals surface area contributed by atoms with Crippen molar-refractivity contribution in [2.24, 2.45) is 10.2 Å². The van der Waals surface area contributed by atoms with Crippen LogP contribution < -0.4 is 9.47 Å². The molecule has 0 aromatic heterocycles. The van der Waals surface area contributed by atoms with E-state index in [1.165, 1.54) is 0 Å². The SMILES string of the molecule is CCC(C)c1ccc(O)c(N=Nc2cc(OC)ccc2OC)c1. The number of benzene rings is 2. The third-order valence-electron chi connectivity index (χ3n) is 3.83. The van der Waals surface area contributed by atoms with Gasteiger partial charge < -0.3 is 14.6 Å². The van der Waals surface area contributed by atoms with E-state index in [4.69, 9.17) is 9.47 Å². The van der Waals surface area contributed by atoms with Gasteiger partial charge in [-0.2, -0.15) is 0 Å². The topological polar surface area (TPSA) is 63.4 Å². The summed E-state index contributed by atoms with van der Waals surface area (Å²) in [5.41, 5.74) is 2.10. The van der Waals surface area contributed by atoms with Crippen molar-refractivity contribution in [2.75, 3.05) is 14.2 Å². The van der Waals surface area contributed by atoms with E-state index in [-0.39, 0.29) is 5.75 Å². The van der Waals surface area contributed by atoms with Crippen LogP contribution in [0.1, 0.15) is 31.7 Å². The summed E-state index contributed by atoms with van der Waals surface area (Å²) < 4.78 is 10.5. The van der Waals surface area contributed by atoms with Gasteiger partial charge in [0, 0.05) is 6.07 Å². The number of aromatic hydroxyl groups is 1. The number of azo groups is 1. The van der Waals surface area contributed by atoms with Crippen LogP contribution in [0, 0.1) is 0 Å². The zero-order chi connectivity index (χ0) is 16.8. The van der Waals surface area contributed by atoms with Gasteiger partial charge in [0.25, 0.3) is 0 Å². The largest absolute Gasteiger partial charge is 0.506 e.